The molecule has 0 spiro atoms. The van der Waals surface area contributed by atoms with Crippen molar-refractivity contribution in [1.29, 1.82) is 10.5 Å². The van der Waals surface area contributed by atoms with Crippen molar-refractivity contribution in [3.05, 3.63) is 0 Å². The van der Waals surface area contributed by atoms with Crippen molar-refractivity contribution in [3.63, 3.8) is 0 Å². The molecule has 0 aliphatic carbocycles. The smallest absolute Gasteiger partial charge is 0.0940 e. The molecule has 0 aliphatic heterocycles. The topological polar surface area (TPSA) is 85.6 Å². The summed E-state index contributed by atoms with van der Waals surface area (Å²) in [5, 5.41) is 19.1. The number of nitrogens with one attached hydrogen (secondary N) is 1. The molecule has 0 aliphatic rings. The third-order valence-electron chi connectivity index (χ3n) is 1.00. The van der Waals surface area contributed by atoms with Gasteiger partial charge >= 0.3 is 0 Å². The SMILES string of the molecule is N#CCNCC[C@@H](N)C#N. The molecule has 0 aromatic carbocycles. The van der Waals surface area contributed by atoms with E-state index in [1.54, 1.807) is 0 Å². The molecule has 4 nitrogen and oxygen atoms in total. The van der Waals surface area contributed by atoms with E-state index in [4.69, 9.17) is 16.3 Å². The second-order valence-electron chi connectivity index (χ2n) is 1.86. The average Bonchev–Trinajstić information content (AvgIpc) is 1.98. The van der Waals surface area contributed by atoms with Gasteiger partial charge in [0.15, 0.2) is 0 Å². The maximum absolute atomic E-state index is 8.22. The monoisotopic (exact) mass is 138 g/mol. The Hall–Kier alpha value is -1.10. The van der Waals surface area contributed by atoms with Crippen LogP contribution in [0.15, 0.2) is 0 Å². The van der Waals surface area contributed by atoms with Crippen LogP contribution in [-0.4, -0.2) is 19.1 Å². The molecule has 0 amide bonds. The van der Waals surface area contributed by atoms with Gasteiger partial charge in [0.25, 0.3) is 0 Å². The first kappa shape index (κ1) is 8.90. The van der Waals surface area contributed by atoms with E-state index >= 15 is 0 Å². The molecule has 0 aromatic rings. The van der Waals surface area contributed by atoms with Gasteiger partial charge in [0, 0.05) is 0 Å². The Labute approximate surface area is 60.2 Å². The fourth-order valence-electron chi connectivity index (χ4n) is 0.466. The van der Waals surface area contributed by atoms with Crippen molar-refractivity contribution in [3.8, 4) is 12.1 Å². The van der Waals surface area contributed by atoms with Crippen LogP contribution in [0.1, 0.15) is 6.42 Å². The highest BCUT2D eigenvalue weighted by Crippen LogP contribution is 1.81. The van der Waals surface area contributed by atoms with Crippen LogP contribution < -0.4 is 11.1 Å². The molecule has 54 valence electrons. The minimum absolute atomic E-state index is 0.318. The Bertz CT molecular complexity index is 152. The lowest BCUT2D eigenvalue weighted by Crippen LogP contribution is -2.25. The Morgan fingerprint density at radius 3 is 2.70 bits per heavy atom. The van der Waals surface area contributed by atoms with Crippen LogP contribution in [0.2, 0.25) is 0 Å². The van der Waals surface area contributed by atoms with Crippen LogP contribution in [0.3, 0.4) is 0 Å². The largest absolute Gasteiger partial charge is 0.316 e. The Morgan fingerprint density at radius 1 is 1.50 bits per heavy atom. The first-order chi connectivity index (χ1) is 4.81. The van der Waals surface area contributed by atoms with E-state index in [1.165, 1.54) is 0 Å². The summed E-state index contributed by atoms with van der Waals surface area (Å²) in [5.74, 6) is 0. The van der Waals surface area contributed by atoms with E-state index in [0.717, 1.165) is 0 Å². The summed E-state index contributed by atoms with van der Waals surface area (Å²) < 4.78 is 0. The summed E-state index contributed by atoms with van der Waals surface area (Å²) in [7, 11) is 0. The van der Waals surface area contributed by atoms with Gasteiger partial charge in [-0.25, -0.2) is 0 Å². The van der Waals surface area contributed by atoms with Crippen LogP contribution in [0.5, 0.6) is 0 Å². The second kappa shape index (κ2) is 6.03. The molecule has 0 saturated carbocycles. The average molecular weight is 138 g/mol. The molecule has 0 unspecified atom stereocenters. The van der Waals surface area contributed by atoms with Gasteiger partial charge in [0.1, 0.15) is 0 Å². The Kier molecular flexibility index (Phi) is 5.36. The van der Waals surface area contributed by atoms with Crippen LogP contribution in [0.4, 0.5) is 0 Å². The van der Waals surface area contributed by atoms with Crippen molar-refractivity contribution in [2.24, 2.45) is 5.73 Å². The molecule has 0 saturated heterocycles. The molecule has 3 N–H and O–H groups in total. The highest BCUT2D eigenvalue weighted by atomic mass is 14.8. The summed E-state index contributed by atoms with van der Waals surface area (Å²) in [6.07, 6.45) is 0.595. The van der Waals surface area contributed by atoms with Crippen molar-refractivity contribution in [2.45, 2.75) is 12.5 Å². The van der Waals surface area contributed by atoms with Gasteiger partial charge in [0.2, 0.25) is 0 Å². The number of nitrogens with zero attached hydrogens (tertiary/aromatic N) is 2. The van der Waals surface area contributed by atoms with Gasteiger partial charge in [-0.15, -0.1) is 0 Å². The molecular weight excluding hydrogens is 128 g/mol. The third kappa shape index (κ3) is 5.04. The van der Waals surface area contributed by atoms with E-state index in [0.29, 0.717) is 19.5 Å². The highest BCUT2D eigenvalue weighted by Gasteiger charge is 1.96. The lowest BCUT2D eigenvalue weighted by atomic mass is 10.2. The molecule has 0 heterocycles. The second-order valence-corrected chi connectivity index (χ2v) is 1.86. The fraction of sp³-hybridized carbons (Fsp3) is 0.667. The molecule has 10 heavy (non-hydrogen) atoms. The third-order valence-corrected chi connectivity index (χ3v) is 1.00. The molecule has 0 aromatic heterocycles. The van der Waals surface area contributed by atoms with Crippen LogP contribution >= 0.6 is 0 Å². The zero-order valence-electron chi connectivity index (χ0n) is 5.67. The first-order valence-corrected chi connectivity index (χ1v) is 3.04. The number of hydrogen-bond acceptors (Lipinski definition) is 4. The Balaban J connectivity index is 3.07. The molecule has 0 radical (unpaired) electrons. The number of nitriles is 2. The van der Waals surface area contributed by atoms with Crippen molar-refractivity contribution < 1.29 is 0 Å². The molecule has 4 heteroatoms. The summed E-state index contributed by atoms with van der Waals surface area (Å²) in [6, 6.07) is 3.41. The lowest BCUT2D eigenvalue weighted by Gasteiger charge is -2.00. The van der Waals surface area contributed by atoms with E-state index in [2.05, 4.69) is 5.32 Å². The maximum atomic E-state index is 8.22. The molecule has 0 rings (SSSR count). The normalized spacial score (nSPS) is 11.5. The first-order valence-electron chi connectivity index (χ1n) is 3.04. The van der Waals surface area contributed by atoms with Crippen molar-refractivity contribution in [1.82, 2.24) is 5.32 Å². The van der Waals surface area contributed by atoms with Crippen LogP contribution in [0.25, 0.3) is 0 Å². The predicted octanol–water partition coefficient (Wildman–Crippen LogP) is -0.659. The van der Waals surface area contributed by atoms with E-state index in [1.807, 2.05) is 12.1 Å². The van der Waals surface area contributed by atoms with Gasteiger partial charge < -0.3 is 11.1 Å². The molecular formula is C6H10N4. The van der Waals surface area contributed by atoms with E-state index in [9.17, 15) is 0 Å². The van der Waals surface area contributed by atoms with Gasteiger partial charge in [-0.3, -0.25) is 0 Å². The Morgan fingerprint density at radius 2 is 2.20 bits per heavy atom. The van der Waals surface area contributed by atoms with E-state index < -0.39 is 6.04 Å². The quantitative estimate of drug-likeness (QED) is 0.399. The summed E-state index contributed by atoms with van der Waals surface area (Å²) in [4.78, 5) is 0. The highest BCUT2D eigenvalue weighted by molar-refractivity contribution is 4.86. The molecule has 0 fully saturated rings. The number of nitrogens with two attached hydrogens (primary N) is 1. The summed E-state index contributed by atoms with van der Waals surface area (Å²) in [6.45, 7) is 0.945. The minimum Gasteiger partial charge on any atom is -0.316 e. The van der Waals surface area contributed by atoms with Gasteiger partial charge in [0.05, 0.1) is 24.7 Å². The minimum atomic E-state index is -0.411. The summed E-state index contributed by atoms with van der Waals surface area (Å²) in [5.41, 5.74) is 5.27. The standard InChI is InChI=1S/C6H10N4/c7-2-4-10-3-1-6(9)5-8/h6,10H,1,3-4,9H2/t6-/m1/s1. The zero-order valence-corrected chi connectivity index (χ0v) is 5.67. The molecule has 1 atom stereocenters. The van der Waals surface area contributed by atoms with Crippen LogP contribution in [-0.2, 0) is 0 Å². The lowest BCUT2D eigenvalue weighted by molar-refractivity contribution is 0.654. The predicted molar refractivity (Wildman–Crippen MR) is 36.7 cm³/mol. The maximum Gasteiger partial charge on any atom is 0.0940 e. The number of hydrogen-bond donors (Lipinski definition) is 2. The molecule has 0 bridgehead atoms. The van der Waals surface area contributed by atoms with Crippen molar-refractivity contribution >= 4 is 0 Å². The summed E-state index contributed by atoms with van der Waals surface area (Å²) >= 11 is 0. The van der Waals surface area contributed by atoms with Gasteiger partial charge in [-0.1, -0.05) is 0 Å². The van der Waals surface area contributed by atoms with Crippen molar-refractivity contribution in [2.75, 3.05) is 13.1 Å². The van der Waals surface area contributed by atoms with Gasteiger partial charge in [-0.05, 0) is 13.0 Å². The fourth-order valence-corrected chi connectivity index (χ4v) is 0.466. The number of rotatable bonds is 4. The zero-order chi connectivity index (χ0) is 7.82. The van der Waals surface area contributed by atoms with E-state index in [-0.39, 0.29) is 0 Å². The van der Waals surface area contributed by atoms with Crippen LogP contribution in [0, 0.1) is 22.7 Å². The van der Waals surface area contributed by atoms with Gasteiger partial charge in [-0.2, -0.15) is 10.5 Å².